The van der Waals surface area contributed by atoms with Gasteiger partial charge in [0.2, 0.25) is 0 Å². The van der Waals surface area contributed by atoms with Crippen molar-refractivity contribution in [1.29, 1.82) is 0 Å². The molecule has 0 aliphatic rings. The Morgan fingerprint density at radius 2 is 0.481 bits per heavy atom. The molecule has 0 aromatic rings. The lowest BCUT2D eigenvalue weighted by molar-refractivity contribution is -0.167. The molecule has 0 amide bonds. The zero-order valence-corrected chi connectivity index (χ0v) is 53.8. The molecule has 0 radical (unpaired) electrons. The Morgan fingerprint density at radius 3 is 0.753 bits per heavy atom. The molecule has 6 heteroatoms. The normalized spacial score (nSPS) is 12.6. The summed E-state index contributed by atoms with van der Waals surface area (Å²) in [4.78, 5) is 38.3. The van der Waals surface area contributed by atoms with Crippen LogP contribution in [0.3, 0.4) is 0 Å². The highest BCUT2D eigenvalue weighted by Gasteiger charge is 2.19. The smallest absolute Gasteiger partial charge is 0.306 e. The minimum atomic E-state index is -0.788. The van der Waals surface area contributed by atoms with Crippen molar-refractivity contribution in [3.8, 4) is 0 Å². The van der Waals surface area contributed by atoms with Crippen molar-refractivity contribution >= 4 is 17.9 Å². The molecule has 6 nitrogen and oxygen atoms in total. The van der Waals surface area contributed by atoms with E-state index in [1.165, 1.54) is 205 Å². The molecule has 0 aliphatic carbocycles. The van der Waals surface area contributed by atoms with Crippen LogP contribution in [0.15, 0.2) is 85.1 Å². The van der Waals surface area contributed by atoms with E-state index in [1.54, 1.807) is 0 Å². The van der Waals surface area contributed by atoms with E-state index in [1.807, 2.05) is 0 Å². The Labute approximate surface area is 503 Å². The van der Waals surface area contributed by atoms with Crippen LogP contribution >= 0.6 is 0 Å². The van der Waals surface area contributed by atoms with Crippen molar-refractivity contribution in [2.24, 2.45) is 0 Å². The van der Waals surface area contributed by atoms with E-state index < -0.39 is 6.10 Å². The molecule has 1 unspecified atom stereocenters. The van der Waals surface area contributed by atoms with E-state index in [9.17, 15) is 14.4 Å². The summed E-state index contributed by atoms with van der Waals surface area (Å²) in [7, 11) is 0. The highest BCUT2D eigenvalue weighted by molar-refractivity contribution is 5.71. The molecule has 0 N–H and O–H groups in total. The van der Waals surface area contributed by atoms with Gasteiger partial charge in [-0.2, -0.15) is 0 Å². The summed E-state index contributed by atoms with van der Waals surface area (Å²) >= 11 is 0. The van der Waals surface area contributed by atoms with Crippen molar-refractivity contribution in [3.05, 3.63) is 85.1 Å². The second-order valence-electron chi connectivity index (χ2n) is 23.4. The summed E-state index contributed by atoms with van der Waals surface area (Å²) in [6.07, 6.45) is 91.9. The fourth-order valence-corrected chi connectivity index (χ4v) is 10.2. The molecular formula is C75H132O6. The molecule has 0 fully saturated rings. The lowest BCUT2D eigenvalue weighted by atomic mass is 10.0. The van der Waals surface area contributed by atoms with Crippen LogP contribution in [0.5, 0.6) is 0 Å². The largest absolute Gasteiger partial charge is 0.462 e. The lowest BCUT2D eigenvalue weighted by Crippen LogP contribution is -2.30. The molecule has 81 heavy (non-hydrogen) atoms. The van der Waals surface area contributed by atoms with E-state index in [0.717, 1.165) is 109 Å². The average Bonchev–Trinajstić information content (AvgIpc) is 3.46. The highest BCUT2D eigenvalue weighted by Crippen LogP contribution is 2.18. The minimum Gasteiger partial charge on any atom is -0.462 e. The van der Waals surface area contributed by atoms with Crippen LogP contribution in [0.25, 0.3) is 0 Å². The van der Waals surface area contributed by atoms with Crippen LogP contribution in [-0.4, -0.2) is 37.2 Å². The molecule has 0 aliphatic heterocycles. The number of hydrogen-bond acceptors (Lipinski definition) is 6. The standard InChI is InChI=1S/C75H132O6/c1-4-7-10-13-16-19-22-25-27-29-30-31-32-33-34-35-36-37-38-39-40-41-42-43-44-46-47-50-53-56-59-62-65-68-74(77)80-71-72(70-79-73(76)67-64-61-58-55-52-49-24-21-18-15-12-9-6-3)81-75(78)69-66-63-60-57-54-51-48-45-28-26-23-20-17-14-11-8-5-2/h8,11,17,20,22,25-26,28-30,32-33,48,51,72H,4-7,9-10,12-16,18-19,21,23-24,27,31,34-47,49-50,52-71H2,1-3H3/b11-8-,20-17-,25-22-,28-26-,30-29-,33-32-,51-48-. The highest BCUT2D eigenvalue weighted by atomic mass is 16.6. The number of carbonyl (C=O) groups excluding carboxylic acids is 3. The number of esters is 3. The van der Waals surface area contributed by atoms with Crippen LogP contribution < -0.4 is 0 Å². The Kier molecular flexibility index (Phi) is 66.2. The fraction of sp³-hybridized carbons (Fsp3) is 0.773. The van der Waals surface area contributed by atoms with Crippen LogP contribution in [0.1, 0.15) is 355 Å². The van der Waals surface area contributed by atoms with Gasteiger partial charge in [-0.3, -0.25) is 14.4 Å². The maximum atomic E-state index is 12.9. The molecular weight excluding hydrogens is 997 g/mol. The Bertz CT molecular complexity index is 1530. The van der Waals surface area contributed by atoms with Crippen LogP contribution in [0, 0.1) is 0 Å². The van der Waals surface area contributed by atoms with Crippen molar-refractivity contribution in [2.75, 3.05) is 13.2 Å². The molecule has 0 heterocycles. The molecule has 0 aromatic carbocycles. The van der Waals surface area contributed by atoms with Gasteiger partial charge in [0, 0.05) is 19.3 Å². The summed E-state index contributed by atoms with van der Waals surface area (Å²) in [5, 5.41) is 0. The third-order valence-electron chi connectivity index (χ3n) is 15.4. The van der Waals surface area contributed by atoms with E-state index in [-0.39, 0.29) is 31.1 Å². The third kappa shape index (κ3) is 67.3. The van der Waals surface area contributed by atoms with Gasteiger partial charge in [0.05, 0.1) is 0 Å². The molecule has 468 valence electrons. The summed E-state index contributed by atoms with van der Waals surface area (Å²) < 4.78 is 16.9. The van der Waals surface area contributed by atoms with E-state index in [4.69, 9.17) is 14.2 Å². The van der Waals surface area contributed by atoms with Crippen LogP contribution in [-0.2, 0) is 28.6 Å². The van der Waals surface area contributed by atoms with Crippen LogP contribution in [0.4, 0.5) is 0 Å². The minimum absolute atomic E-state index is 0.0820. The first-order valence-electron chi connectivity index (χ1n) is 35.1. The second-order valence-corrected chi connectivity index (χ2v) is 23.4. The molecule has 1 atom stereocenters. The maximum Gasteiger partial charge on any atom is 0.306 e. The number of allylic oxidation sites excluding steroid dienone is 14. The van der Waals surface area contributed by atoms with E-state index in [0.29, 0.717) is 19.3 Å². The molecule has 0 spiro atoms. The Hall–Kier alpha value is -3.41. The van der Waals surface area contributed by atoms with Crippen molar-refractivity contribution in [3.63, 3.8) is 0 Å². The number of unbranched alkanes of at least 4 members (excludes halogenated alkanes) is 39. The van der Waals surface area contributed by atoms with Crippen LogP contribution in [0.2, 0.25) is 0 Å². The van der Waals surface area contributed by atoms with Gasteiger partial charge in [-0.05, 0) is 96.3 Å². The third-order valence-corrected chi connectivity index (χ3v) is 15.4. The molecule has 0 aromatic heterocycles. The van der Waals surface area contributed by atoms with E-state index in [2.05, 4.69) is 106 Å². The second kappa shape index (κ2) is 69.1. The average molecular weight is 1130 g/mol. The maximum absolute atomic E-state index is 12.9. The van der Waals surface area contributed by atoms with Gasteiger partial charge in [0.1, 0.15) is 13.2 Å². The Balaban J connectivity index is 4.17. The van der Waals surface area contributed by atoms with E-state index >= 15 is 0 Å². The number of rotatable bonds is 64. The molecule has 0 saturated heterocycles. The first kappa shape index (κ1) is 77.6. The summed E-state index contributed by atoms with van der Waals surface area (Å²) in [5.41, 5.74) is 0. The van der Waals surface area contributed by atoms with Gasteiger partial charge in [-0.25, -0.2) is 0 Å². The van der Waals surface area contributed by atoms with Gasteiger partial charge in [0.15, 0.2) is 6.10 Å². The van der Waals surface area contributed by atoms with Gasteiger partial charge < -0.3 is 14.2 Å². The number of carbonyl (C=O) groups is 3. The topological polar surface area (TPSA) is 78.9 Å². The lowest BCUT2D eigenvalue weighted by Gasteiger charge is -2.18. The summed E-state index contributed by atoms with van der Waals surface area (Å²) in [5.74, 6) is -0.888. The van der Waals surface area contributed by atoms with Gasteiger partial charge in [-0.15, -0.1) is 0 Å². The monoisotopic (exact) mass is 1130 g/mol. The molecule has 0 saturated carbocycles. The Morgan fingerprint density at radius 1 is 0.259 bits per heavy atom. The molecule has 0 rings (SSSR count). The number of hydrogen-bond donors (Lipinski definition) is 0. The zero-order valence-electron chi connectivity index (χ0n) is 53.8. The summed E-state index contributed by atoms with van der Waals surface area (Å²) in [6, 6.07) is 0. The number of ether oxygens (including phenoxy) is 3. The predicted molar refractivity (Wildman–Crippen MR) is 353 cm³/mol. The first-order valence-corrected chi connectivity index (χ1v) is 35.1. The first-order chi connectivity index (χ1) is 40.0. The van der Waals surface area contributed by atoms with Crippen molar-refractivity contribution < 1.29 is 28.6 Å². The zero-order chi connectivity index (χ0) is 58.5. The summed E-state index contributed by atoms with van der Waals surface area (Å²) in [6.45, 7) is 6.54. The van der Waals surface area contributed by atoms with Crippen molar-refractivity contribution in [1.82, 2.24) is 0 Å². The molecule has 0 bridgehead atoms. The van der Waals surface area contributed by atoms with Gasteiger partial charge >= 0.3 is 17.9 Å². The van der Waals surface area contributed by atoms with Gasteiger partial charge in [0.25, 0.3) is 0 Å². The quantitative estimate of drug-likeness (QED) is 0.0261. The van der Waals surface area contributed by atoms with Crippen molar-refractivity contribution in [2.45, 2.75) is 361 Å². The van der Waals surface area contributed by atoms with Gasteiger partial charge in [-0.1, -0.05) is 324 Å². The fourth-order valence-electron chi connectivity index (χ4n) is 10.2. The SMILES string of the molecule is CC/C=C\C/C=C\C/C=C\C/C=C\CCCCCCC(=O)OC(COC(=O)CCCCCCCCCCCCCCC)COC(=O)CCCCCCCCCCCCCCCCCCCC/C=C\C/C=C\C/C=C\CCCCCCC. The predicted octanol–water partition coefficient (Wildman–Crippen LogP) is 24.2.